The lowest BCUT2D eigenvalue weighted by atomic mass is 10.3. The van der Waals surface area contributed by atoms with Crippen LogP contribution in [0.3, 0.4) is 0 Å². The molecule has 1 rings (SSSR count). The van der Waals surface area contributed by atoms with Crippen LogP contribution in [0.1, 0.15) is 19.1 Å². The number of rotatable bonds is 5. The quantitative estimate of drug-likeness (QED) is 0.818. The maximum Gasteiger partial charge on any atom is 0.183 e. The Hall–Kier alpha value is 0.160. The van der Waals surface area contributed by atoms with Crippen molar-refractivity contribution in [2.45, 2.75) is 26.0 Å². The summed E-state index contributed by atoms with van der Waals surface area (Å²) in [6.07, 6.45) is 0.501. The molecule has 5 heteroatoms. The van der Waals surface area contributed by atoms with E-state index in [0.29, 0.717) is 11.2 Å². The van der Waals surface area contributed by atoms with Gasteiger partial charge < -0.3 is 14.8 Å². The molecule has 1 atom stereocenters. The van der Waals surface area contributed by atoms with Crippen molar-refractivity contribution in [3.63, 3.8) is 0 Å². The number of nitrogens with one attached hydrogen (secondary N) is 1. The summed E-state index contributed by atoms with van der Waals surface area (Å²) in [5.41, 5.74) is 0. The second-order valence-corrected chi connectivity index (χ2v) is 4.72. The van der Waals surface area contributed by atoms with Gasteiger partial charge in [-0.2, -0.15) is 0 Å². The molecule has 3 nitrogen and oxygen atoms in total. The minimum Gasteiger partial charge on any atom is -0.452 e. The van der Waals surface area contributed by atoms with Gasteiger partial charge in [-0.1, -0.05) is 0 Å². The predicted molar refractivity (Wildman–Crippen MR) is 62.1 cm³/mol. The topological polar surface area (TPSA) is 45.4 Å². The van der Waals surface area contributed by atoms with E-state index in [-0.39, 0.29) is 6.10 Å². The van der Waals surface area contributed by atoms with E-state index in [4.69, 9.17) is 9.52 Å². The molecule has 1 aromatic rings. The Bertz CT molecular complexity index is 267. The van der Waals surface area contributed by atoms with Gasteiger partial charge in [-0.05, 0) is 57.8 Å². The molecular weight excluding hydrogens is 314 g/mol. The predicted octanol–water partition coefficient (Wildman–Crippen LogP) is 2.67. The van der Waals surface area contributed by atoms with Crippen molar-refractivity contribution in [1.82, 2.24) is 5.32 Å². The minimum atomic E-state index is -0.252. The van der Waals surface area contributed by atoms with Gasteiger partial charge in [0, 0.05) is 0 Å². The summed E-state index contributed by atoms with van der Waals surface area (Å²) in [5.74, 6) is 0.870. The molecule has 0 aliphatic rings. The maximum absolute atomic E-state index is 9.02. The zero-order valence-corrected chi connectivity index (χ0v) is 11.1. The Morgan fingerprint density at radius 3 is 2.79 bits per heavy atom. The summed E-state index contributed by atoms with van der Waals surface area (Å²) in [5, 5.41) is 12.2. The summed E-state index contributed by atoms with van der Waals surface area (Å²) in [6.45, 7) is 3.24. The number of hydrogen-bond donors (Lipinski definition) is 2. The molecule has 0 aliphatic carbocycles. The van der Waals surface area contributed by atoms with Gasteiger partial charge in [0.25, 0.3) is 0 Å². The highest BCUT2D eigenvalue weighted by molar-refractivity contribution is 9.13. The number of halogens is 2. The average molecular weight is 327 g/mol. The summed E-state index contributed by atoms with van der Waals surface area (Å²) in [4.78, 5) is 0. The summed E-state index contributed by atoms with van der Waals surface area (Å²) in [7, 11) is 0. The van der Waals surface area contributed by atoms with Crippen LogP contribution in [0.4, 0.5) is 0 Å². The van der Waals surface area contributed by atoms with Crippen LogP contribution in [0.2, 0.25) is 0 Å². The first-order valence-electron chi connectivity index (χ1n) is 4.42. The van der Waals surface area contributed by atoms with Crippen LogP contribution in [-0.2, 0) is 6.54 Å². The summed E-state index contributed by atoms with van der Waals surface area (Å²) in [6, 6.07) is 1.92. The molecular formula is C9H13Br2NO2. The van der Waals surface area contributed by atoms with Crippen molar-refractivity contribution in [2.24, 2.45) is 0 Å². The fourth-order valence-electron chi connectivity index (χ4n) is 1.00. The van der Waals surface area contributed by atoms with Crippen LogP contribution in [0.15, 0.2) is 19.6 Å². The van der Waals surface area contributed by atoms with Gasteiger partial charge in [-0.25, -0.2) is 0 Å². The van der Waals surface area contributed by atoms with Crippen LogP contribution in [0.5, 0.6) is 0 Å². The highest BCUT2D eigenvalue weighted by atomic mass is 79.9. The van der Waals surface area contributed by atoms with Crippen LogP contribution in [0, 0.1) is 0 Å². The molecule has 80 valence electrons. The number of hydrogen-bond acceptors (Lipinski definition) is 3. The van der Waals surface area contributed by atoms with E-state index in [1.807, 2.05) is 6.07 Å². The molecule has 0 bridgehead atoms. The van der Waals surface area contributed by atoms with Crippen LogP contribution in [-0.4, -0.2) is 17.8 Å². The van der Waals surface area contributed by atoms with Gasteiger partial charge in [0.05, 0.1) is 17.1 Å². The zero-order chi connectivity index (χ0) is 10.6. The lowest BCUT2D eigenvalue weighted by Gasteiger charge is -2.04. The maximum atomic E-state index is 9.02. The summed E-state index contributed by atoms with van der Waals surface area (Å²) < 4.78 is 7.00. The van der Waals surface area contributed by atoms with E-state index >= 15 is 0 Å². The second kappa shape index (κ2) is 5.90. The third-order valence-corrected chi connectivity index (χ3v) is 3.44. The highest BCUT2D eigenvalue weighted by Crippen LogP contribution is 2.26. The van der Waals surface area contributed by atoms with Crippen LogP contribution >= 0.6 is 31.9 Å². The molecule has 0 saturated heterocycles. The Balaban J connectivity index is 2.25. The summed E-state index contributed by atoms with van der Waals surface area (Å²) >= 11 is 6.61. The van der Waals surface area contributed by atoms with Gasteiger partial charge in [-0.3, -0.25) is 0 Å². The van der Waals surface area contributed by atoms with E-state index in [1.54, 1.807) is 6.92 Å². The van der Waals surface area contributed by atoms with Crippen molar-refractivity contribution in [3.8, 4) is 0 Å². The lowest BCUT2D eigenvalue weighted by molar-refractivity contribution is 0.183. The Morgan fingerprint density at radius 2 is 2.29 bits per heavy atom. The highest BCUT2D eigenvalue weighted by Gasteiger charge is 2.05. The van der Waals surface area contributed by atoms with Gasteiger partial charge in [0.15, 0.2) is 4.67 Å². The molecule has 14 heavy (non-hydrogen) atoms. The Kier molecular flexibility index (Phi) is 5.15. The molecule has 1 unspecified atom stereocenters. The van der Waals surface area contributed by atoms with E-state index in [1.165, 1.54) is 0 Å². The Labute approximate surface area is 100 Å². The third-order valence-electron chi connectivity index (χ3n) is 1.73. The van der Waals surface area contributed by atoms with Crippen molar-refractivity contribution in [2.75, 3.05) is 6.54 Å². The lowest BCUT2D eigenvalue weighted by Crippen LogP contribution is -2.18. The third kappa shape index (κ3) is 4.13. The minimum absolute atomic E-state index is 0.252. The van der Waals surface area contributed by atoms with Gasteiger partial charge in [0.1, 0.15) is 5.76 Å². The molecule has 1 aromatic heterocycles. The molecule has 0 aromatic carbocycles. The van der Waals surface area contributed by atoms with E-state index < -0.39 is 0 Å². The molecule has 0 amide bonds. The van der Waals surface area contributed by atoms with E-state index in [9.17, 15) is 0 Å². The average Bonchev–Trinajstić information content (AvgIpc) is 2.40. The fraction of sp³-hybridized carbons (Fsp3) is 0.556. The molecule has 2 N–H and O–H groups in total. The monoisotopic (exact) mass is 325 g/mol. The second-order valence-electron chi connectivity index (χ2n) is 3.15. The van der Waals surface area contributed by atoms with Gasteiger partial charge in [0.2, 0.25) is 0 Å². The largest absolute Gasteiger partial charge is 0.452 e. The van der Waals surface area contributed by atoms with Crippen molar-refractivity contribution >= 4 is 31.9 Å². The van der Waals surface area contributed by atoms with Crippen LogP contribution < -0.4 is 5.32 Å². The molecule has 1 heterocycles. The smallest absolute Gasteiger partial charge is 0.183 e. The molecule has 0 aliphatic heterocycles. The first-order chi connectivity index (χ1) is 6.59. The standard InChI is InChI=1S/C9H13Br2NO2/c1-6(13)2-3-12-5-7-4-8(10)9(11)14-7/h4,6,12-13H,2-3,5H2,1H3. The zero-order valence-electron chi connectivity index (χ0n) is 7.89. The van der Waals surface area contributed by atoms with Crippen LogP contribution in [0.25, 0.3) is 0 Å². The first kappa shape index (κ1) is 12.2. The SMILES string of the molecule is CC(O)CCNCc1cc(Br)c(Br)o1. The Morgan fingerprint density at radius 1 is 1.57 bits per heavy atom. The van der Waals surface area contributed by atoms with Crippen molar-refractivity contribution < 1.29 is 9.52 Å². The normalized spacial score (nSPS) is 13.1. The van der Waals surface area contributed by atoms with Gasteiger partial charge >= 0.3 is 0 Å². The number of furan rings is 1. The molecule has 0 saturated carbocycles. The number of aliphatic hydroxyl groups is 1. The van der Waals surface area contributed by atoms with E-state index in [0.717, 1.165) is 23.2 Å². The first-order valence-corrected chi connectivity index (χ1v) is 6.00. The molecule has 0 fully saturated rings. The van der Waals surface area contributed by atoms with Crippen molar-refractivity contribution in [1.29, 1.82) is 0 Å². The molecule has 0 spiro atoms. The van der Waals surface area contributed by atoms with E-state index in [2.05, 4.69) is 37.2 Å². The van der Waals surface area contributed by atoms with Crippen molar-refractivity contribution in [3.05, 3.63) is 21.0 Å². The fourth-order valence-corrected chi connectivity index (χ4v) is 1.66. The van der Waals surface area contributed by atoms with Gasteiger partial charge in [-0.15, -0.1) is 0 Å². The number of aliphatic hydroxyl groups excluding tert-OH is 1. The molecule has 0 radical (unpaired) electrons.